The smallest absolute Gasteiger partial charge is 0.135 e. The summed E-state index contributed by atoms with van der Waals surface area (Å²) < 4.78 is 14.8. The molecule has 12 aliphatic rings. The fraction of sp³-hybridized carbons (Fsp3) is 0.632. The van der Waals surface area contributed by atoms with Gasteiger partial charge in [0.25, 0.3) is 0 Å². The molecule has 6 saturated heterocycles. The van der Waals surface area contributed by atoms with Gasteiger partial charge in [0.1, 0.15) is 12.5 Å². The van der Waals surface area contributed by atoms with E-state index in [0.717, 1.165) is 26.3 Å². The molecule has 0 aromatic heterocycles. The van der Waals surface area contributed by atoms with Crippen molar-refractivity contribution >= 4 is 5.69 Å². The molecule has 0 N–H and O–H groups in total. The Labute approximate surface area is 260 Å². The summed E-state index contributed by atoms with van der Waals surface area (Å²) in [5.41, 5.74) is 6.90. The maximum atomic E-state index is 7.40. The summed E-state index contributed by atoms with van der Waals surface area (Å²) in [6, 6.07) is 12.2. The molecule has 1 aromatic rings. The van der Waals surface area contributed by atoms with E-state index in [-0.39, 0.29) is 23.3 Å². The summed E-state index contributed by atoms with van der Waals surface area (Å²) in [7, 11) is 0. The number of hydrogen-bond donors (Lipinski definition) is 0. The standard InChI is InChI=1S/C38H42N4O2/c1-3-7-27-25(5-1)37-11-13-39-19-21-10-16-44-36-31(23(21)17-29(37)39)33(37)41(27)35-32-24-18-30-38(12-14-40(30)20-22(24)9-15-43-35)26-6-2-4-8-28(26)42(36)34(32)38/h1-10,23-25,27,29-36H,11-20H2/t23-,24-,25?,27?,29-,30-,31+,32+,33-,34-,35+,36+,37+,38+/m0/s1. The summed E-state index contributed by atoms with van der Waals surface area (Å²) in [6.45, 7) is 6.30. The molecule has 3 aliphatic carbocycles. The molecule has 6 heteroatoms. The van der Waals surface area contributed by atoms with Gasteiger partial charge in [-0.25, -0.2) is 0 Å². The summed E-state index contributed by atoms with van der Waals surface area (Å²) in [4.78, 5) is 11.8. The highest BCUT2D eigenvalue weighted by molar-refractivity contribution is 5.68. The maximum absolute atomic E-state index is 7.40. The minimum absolute atomic E-state index is 0.106. The number of fused-ring (bicyclic) bond motifs is 6. The zero-order chi connectivity index (χ0) is 28.1. The summed E-state index contributed by atoms with van der Waals surface area (Å²) >= 11 is 0. The molecule has 2 spiro atoms. The van der Waals surface area contributed by atoms with Gasteiger partial charge in [0, 0.05) is 77.6 Å². The molecule has 4 bridgehead atoms. The van der Waals surface area contributed by atoms with Gasteiger partial charge in [-0.1, -0.05) is 65.8 Å². The first kappa shape index (κ1) is 24.0. The Hall–Kier alpha value is -2.22. The molecule has 9 heterocycles. The quantitative estimate of drug-likeness (QED) is 0.429. The van der Waals surface area contributed by atoms with Crippen molar-refractivity contribution in [3.63, 3.8) is 0 Å². The molecule has 13 rings (SSSR count). The van der Waals surface area contributed by atoms with Crippen LogP contribution in [0, 0.1) is 35.0 Å². The third-order valence-corrected chi connectivity index (χ3v) is 16.0. The molecule has 44 heavy (non-hydrogen) atoms. The van der Waals surface area contributed by atoms with E-state index >= 15 is 0 Å². The van der Waals surface area contributed by atoms with Crippen molar-refractivity contribution in [3.05, 3.63) is 77.4 Å². The van der Waals surface area contributed by atoms with Crippen LogP contribution in [0.3, 0.4) is 0 Å². The minimum Gasteiger partial charge on any atom is -0.359 e. The second-order valence-corrected chi connectivity index (χ2v) is 16.5. The van der Waals surface area contributed by atoms with E-state index in [0.29, 0.717) is 59.8 Å². The Bertz CT molecular complexity index is 1650. The van der Waals surface area contributed by atoms with Gasteiger partial charge < -0.3 is 14.4 Å². The van der Waals surface area contributed by atoms with E-state index in [9.17, 15) is 0 Å². The van der Waals surface area contributed by atoms with Gasteiger partial charge in [-0.05, 0) is 62.2 Å². The molecular weight excluding hydrogens is 544 g/mol. The van der Waals surface area contributed by atoms with Crippen LogP contribution in [0.5, 0.6) is 0 Å². The van der Waals surface area contributed by atoms with Gasteiger partial charge in [0.05, 0.1) is 13.2 Å². The highest BCUT2D eigenvalue weighted by Crippen LogP contribution is 2.72. The van der Waals surface area contributed by atoms with Crippen molar-refractivity contribution < 1.29 is 9.47 Å². The van der Waals surface area contributed by atoms with E-state index in [1.807, 2.05) is 0 Å². The minimum atomic E-state index is 0.106. The van der Waals surface area contributed by atoms with Crippen LogP contribution in [0.15, 0.2) is 71.9 Å². The molecule has 2 unspecified atom stereocenters. The molecule has 8 fully saturated rings. The normalized spacial score (nSPS) is 54.6. The lowest BCUT2D eigenvalue weighted by atomic mass is 9.52. The molecule has 1 aromatic carbocycles. The fourth-order valence-electron chi connectivity index (χ4n) is 15.0. The van der Waals surface area contributed by atoms with E-state index < -0.39 is 0 Å². The lowest BCUT2D eigenvalue weighted by Crippen LogP contribution is -2.75. The van der Waals surface area contributed by atoms with Gasteiger partial charge in [-0.3, -0.25) is 14.7 Å². The van der Waals surface area contributed by atoms with Gasteiger partial charge in [-0.15, -0.1) is 0 Å². The Balaban J connectivity index is 1.14. The van der Waals surface area contributed by atoms with E-state index in [2.05, 4.69) is 80.3 Å². The Morgan fingerprint density at radius 1 is 0.750 bits per heavy atom. The van der Waals surface area contributed by atoms with Crippen LogP contribution in [-0.4, -0.2) is 96.8 Å². The van der Waals surface area contributed by atoms with E-state index in [4.69, 9.17) is 9.47 Å². The van der Waals surface area contributed by atoms with Crippen LogP contribution in [0.4, 0.5) is 5.69 Å². The van der Waals surface area contributed by atoms with Crippen molar-refractivity contribution in [1.82, 2.24) is 14.7 Å². The number of rotatable bonds is 0. The number of piperidine rings is 2. The SMILES string of the molecule is C1=CC2C(C=C1)[C@@]13CCN4CC5=CCO[C@@H]6[C@@H]([C@@H]1N2[C@@H]1OCC=C2CN7CC[C@]89c%10ccccc%10N6[C@H]8[C@H]1[C@H]2C[C@H]79)[C@H]5C[C@H]43. The van der Waals surface area contributed by atoms with Crippen LogP contribution >= 0.6 is 0 Å². The van der Waals surface area contributed by atoms with Crippen molar-refractivity contribution in [1.29, 1.82) is 0 Å². The second kappa shape index (κ2) is 7.66. The number of ether oxygens (including phenoxy) is 2. The zero-order valence-corrected chi connectivity index (χ0v) is 25.4. The van der Waals surface area contributed by atoms with Crippen molar-refractivity contribution in [2.45, 2.75) is 73.8 Å². The second-order valence-electron chi connectivity index (χ2n) is 16.5. The number of benzene rings is 1. The lowest BCUT2D eigenvalue weighted by molar-refractivity contribution is -0.189. The average Bonchev–Trinajstić information content (AvgIpc) is 3.71. The first-order chi connectivity index (χ1) is 21.8. The van der Waals surface area contributed by atoms with Crippen molar-refractivity contribution in [2.75, 3.05) is 44.3 Å². The van der Waals surface area contributed by atoms with Gasteiger partial charge >= 0.3 is 0 Å². The van der Waals surface area contributed by atoms with Crippen LogP contribution in [0.1, 0.15) is 31.2 Å². The Morgan fingerprint density at radius 2 is 1.48 bits per heavy atom. The van der Waals surface area contributed by atoms with Crippen LogP contribution in [0.25, 0.3) is 0 Å². The van der Waals surface area contributed by atoms with E-state index in [1.54, 1.807) is 16.7 Å². The summed E-state index contributed by atoms with van der Waals surface area (Å²) in [6.07, 6.45) is 20.5. The molecule has 0 radical (unpaired) electrons. The topological polar surface area (TPSA) is 31.4 Å². The van der Waals surface area contributed by atoms with E-state index in [1.165, 1.54) is 44.5 Å². The first-order valence-electron chi connectivity index (χ1n) is 17.9. The number of allylic oxidation sites excluding steroid dienone is 2. The predicted octanol–water partition coefficient (Wildman–Crippen LogP) is 3.92. The molecule has 9 aliphatic heterocycles. The van der Waals surface area contributed by atoms with Crippen molar-refractivity contribution in [3.8, 4) is 0 Å². The van der Waals surface area contributed by atoms with Crippen molar-refractivity contribution in [2.24, 2.45) is 35.0 Å². The highest BCUT2D eigenvalue weighted by atomic mass is 16.5. The average molecular weight is 587 g/mol. The van der Waals surface area contributed by atoms with Crippen LogP contribution < -0.4 is 4.90 Å². The third kappa shape index (κ3) is 2.34. The van der Waals surface area contributed by atoms with Gasteiger partial charge in [0.2, 0.25) is 0 Å². The molecule has 14 atom stereocenters. The van der Waals surface area contributed by atoms with Gasteiger partial charge in [0.15, 0.2) is 0 Å². The number of anilines is 1. The molecule has 226 valence electrons. The third-order valence-electron chi connectivity index (χ3n) is 16.0. The number of para-hydroxylation sites is 1. The largest absolute Gasteiger partial charge is 0.359 e. The fourth-order valence-corrected chi connectivity index (χ4v) is 15.0. The molecule has 2 saturated carbocycles. The van der Waals surface area contributed by atoms with Crippen LogP contribution in [-0.2, 0) is 14.9 Å². The summed E-state index contributed by atoms with van der Waals surface area (Å²) in [5, 5.41) is 0. The Morgan fingerprint density at radius 3 is 2.36 bits per heavy atom. The first-order valence-corrected chi connectivity index (χ1v) is 17.9. The van der Waals surface area contributed by atoms with Gasteiger partial charge in [-0.2, -0.15) is 0 Å². The van der Waals surface area contributed by atoms with Crippen LogP contribution in [0.2, 0.25) is 0 Å². The molecule has 0 amide bonds. The number of hydrogen-bond acceptors (Lipinski definition) is 6. The maximum Gasteiger partial charge on any atom is 0.135 e. The molecular formula is C38H42N4O2. The highest BCUT2D eigenvalue weighted by Gasteiger charge is 2.78. The Kier molecular flexibility index (Phi) is 4.18. The monoisotopic (exact) mass is 586 g/mol. The zero-order valence-electron chi connectivity index (χ0n) is 25.4. The number of nitrogens with zero attached hydrogens (tertiary/aromatic N) is 4. The lowest BCUT2D eigenvalue weighted by Gasteiger charge is -2.65. The molecule has 6 nitrogen and oxygen atoms in total. The summed E-state index contributed by atoms with van der Waals surface area (Å²) in [5.74, 6) is 2.64. The predicted molar refractivity (Wildman–Crippen MR) is 167 cm³/mol.